The van der Waals surface area contributed by atoms with Crippen LogP contribution in [0.1, 0.15) is 23.6 Å². The number of benzene rings is 2. The summed E-state index contributed by atoms with van der Waals surface area (Å²) in [5.41, 5.74) is 4.19. The van der Waals surface area contributed by atoms with Crippen LogP contribution < -0.4 is 16.0 Å². The van der Waals surface area contributed by atoms with Crippen LogP contribution in [0.2, 0.25) is 0 Å². The summed E-state index contributed by atoms with van der Waals surface area (Å²) in [6.07, 6.45) is -0.478. The first-order valence-corrected chi connectivity index (χ1v) is 8.62. The Kier molecular flexibility index (Phi) is 7.49. The van der Waals surface area contributed by atoms with Gasteiger partial charge in [-0.25, -0.2) is 9.79 Å². The van der Waals surface area contributed by atoms with Crippen molar-refractivity contribution in [1.29, 1.82) is 0 Å². The van der Waals surface area contributed by atoms with E-state index in [-0.39, 0.29) is 0 Å². The summed E-state index contributed by atoms with van der Waals surface area (Å²) in [6, 6.07) is 15.9. The second-order valence-corrected chi connectivity index (χ2v) is 5.85. The SMILES string of the molecule is CCNC(=NCc1cccc(C)c1)NCc1ccc(NC(=O)OC)cc1. The van der Waals surface area contributed by atoms with Crippen LogP contribution in [0.4, 0.5) is 10.5 Å². The molecule has 138 valence electrons. The zero-order valence-corrected chi connectivity index (χ0v) is 15.5. The number of nitrogens with one attached hydrogen (secondary N) is 3. The van der Waals surface area contributed by atoms with Crippen molar-refractivity contribution in [3.05, 3.63) is 65.2 Å². The molecule has 0 aliphatic carbocycles. The van der Waals surface area contributed by atoms with Gasteiger partial charge < -0.3 is 15.4 Å². The molecule has 0 bridgehead atoms. The van der Waals surface area contributed by atoms with Crippen molar-refractivity contribution >= 4 is 17.7 Å². The summed E-state index contributed by atoms with van der Waals surface area (Å²) in [4.78, 5) is 15.8. The van der Waals surface area contributed by atoms with Gasteiger partial charge >= 0.3 is 6.09 Å². The first-order chi connectivity index (χ1) is 12.6. The molecule has 6 nitrogen and oxygen atoms in total. The normalized spacial score (nSPS) is 11.0. The third-order valence-electron chi connectivity index (χ3n) is 3.69. The van der Waals surface area contributed by atoms with Crippen molar-refractivity contribution < 1.29 is 9.53 Å². The minimum Gasteiger partial charge on any atom is -0.453 e. The Balaban J connectivity index is 1.93. The molecule has 6 heteroatoms. The van der Waals surface area contributed by atoms with Gasteiger partial charge in [-0.05, 0) is 37.1 Å². The number of carbonyl (C=O) groups is 1. The quantitative estimate of drug-likeness (QED) is 0.549. The Morgan fingerprint density at radius 3 is 2.50 bits per heavy atom. The van der Waals surface area contributed by atoms with Gasteiger partial charge in [0.15, 0.2) is 5.96 Å². The van der Waals surface area contributed by atoms with Crippen LogP contribution in [0.15, 0.2) is 53.5 Å². The van der Waals surface area contributed by atoms with Crippen molar-refractivity contribution in [2.75, 3.05) is 19.0 Å². The maximum atomic E-state index is 11.2. The molecular weight excluding hydrogens is 328 g/mol. The van der Waals surface area contributed by atoms with E-state index >= 15 is 0 Å². The second-order valence-electron chi connectivity index (χ2n) is 5.85. The fraction of sp³-hybridized carbons (Fsp3) is 0.300. The lowest BCUT2D eigenvalue weighted by molar-refractivity contribution is 0.187. The highest BCUT2D eigenvalue weighted by Gasteiger charge is 2.02. The number of rotatable bonds is 6. The minimum atomic E-state index is -0.478. The van der Waals surface area contributed by atoms with Gasteiger partial charge in [0, 0.05) is 18.8 Å². The largest absolute Gasteiger partial charge is 0.453 e. The third-order valence-corrected chi connectivity index (χ3v) is 3.69. The molecule has 26 heavy (non-hydrogen) atoms. The van der Waals surface area contributed by atoms with Crippen molar-refractivity contribution in [2.24, 2.45) is 4.99 Å². The molecule has 0 aliphatic heterocycles. The fourth-order valence-electron chi connectivity index (χ4n) is 2.38. The van der Waals surface area contributed by atoms with E-state index in [4.69, 9.17) is 0 Å². The molecule has 0 saturated carbocycles. The van der Waals surface area contributed by atoms with E-state index in [2.05, 4.69) is 50.8 Å². The summed E-state index contributed by atoms with van der Waals surface area (Å²) >= 11 is 0. The van der Waals surface area contributed by atoms with Gasteiger partial charge in [-0.1, -0.05) is 42.0 Å². The van der Waals surface area contributed by atoms with E-state index in [1.807, 2.05) is 37.3 Å². The van der Waals surface area contributed by atoms with E-state index < -0.39 is 6.09 Å². The van der Waals surface area contributed by atoms with Crippen LogP contribution in [0.5, 0.6) is 0 Å². The number of aliphatic imine (C=N–C) groups is 1. The highest BCUT2D eigenvalue weighted by molar-refractivity contribution is 5.84. The Morgan fingerprint density at radius 1 is 1.08 bits per heavy atom. The van der Waals surface area contributed by atoms with Gasteiger partial charge in [0.2, 0.25) is 0 Å². The van der Waals surface area contributed by atoms with Gasteiger partial charge in [-0.15, -0.1) is 0 Å². The zero-order valence-electron chi connectivity index (χ0n) is 15.5. The smallest absolute Gasteiger partial charge is 0.411 e. The summed E-state index contributed by atoms with van der Waals surface area (Å²) < 4.78 is 4.57. The van der Waals surface area contributed by atoms with Crippen LogP contribution in [0.3, 0.4) is 0 Å². The lowest BCUT2D eigenvalue weighted by Gasteiger charge is -2.12. The van der Waals surface area contributed by atoms with Crippen molar-refractivity contribution in [3.63, 3.8) is 0 Å². The molecule has 0 unspecified atom stereocenters. The first-order valence-electron chi connectivity index (χ1n) is 8.62. The van der Waals surface area contributed by atoms with Crippen LogP contribution in [-0.4, -0.2) is 25.7 Å². The average Bonchev–Trinajstić information content (AvgIpc) is 2.65. The predicted octanol–water partition coefficient (Wildman–Crippen LogP) is 3.43. The summed E-state index contributed by atoms with van der Waals surface area (Å²) in [7, 11) is 1.34. The fourth-order valence-corrected chi connectivity index (χ4v) is 2.38. The maximum absolute atomic E-state index is 11.2. The van der Waals surface area contributed by atoms with Crippen LogP contribution >= 0.6 is 0 Å². The van der Waals surface area contributed by atoms with Crippen LogP contribution in [0.25, 0.3) is 0 Å². The summed E-state index contributed by atoms with van der Waals surface area (Å²) in [6.45, 7) is 6.17. The van der Waals surface area contributed by atoms with Gasteiger partial charge in [0.25, 0.3) is 0 Å². The number of carbonyl (C=O) groups excluding carboxylic acids is 1. The predicted molar refractivity (Wildman–Crippen MR) is 105 cm³/mol. The lowest BCUT2D eigenvalue weighted by atomic mass is 10.1. The molecule has 0 radical (unpaired) electrons. The minimum absolute atomic E-state index is 0.478. The summed E-state index contributed by atoms with van der Waals surface area (Å²) in [5, 5.41) is 9.20. The van der Waals surface area contributed by atoms with E-state index in [1.54, 1.807) is 0 Å². The number of guanidine groups is 1. The molecular formula is C20H26N4O2. The zero-order chi connectivity index (χ0) is 18.8. The molecule has 2 rings (SSSR count). The van der Waals surface area contributed by atoms with Gasteiger partial charge in [-0.3, -0.25) is 5.32 Å². The second kappa shape index (κ2) is 10.1. The molecule has 2 aromatic carbocycles. The van der Waals surface area contributed by atoms with Gasteiger partial charge in [0.1, 0.15) is 0 Å². The topological polar surface area (TPSA) is 74.8 Å². The van der Waals surface area contributed by atoms with E-state index in [9.17, 15) is 4.79 Å². The number of hydrogen-bond acceptors (Lipinski definition) is 3. The molecule has 0 aliphatic rings. The van der Waals surface area contributed by atoms with Gasteiger partial charge in [0.05, 0.1) is 13.7 Å². The molecule has 3 N–H and O–H groups in total. The molecule has 0 heterocycles. The van der Waals surface area contributed by atoms with Crippen molar-refractivity contribution in [3.8, 4) is 0 Å². The van der Waals surface area contributed by atoms with Crippen LogP contribution in [0, 0.1) is 6.92 Å². The van der Waals surface area contributed by atoms with E-state index in [0.29, 0.717) is 18.8 Å². The standard InChI is InChI=1S/C20H26N4O2/c1-4-21-19(23-14-17-7-5-6-15(2)12-17)22-13-16-8-10-18(11-9-16)24-20(25)26-3/h5-12H,4,13-14H2,1-3H3,(H,24,25)(H2,21,22,23). The van der Waals surface area contributed by atoms with Crippen LogP contribution in [-0.2, 0) is 17.8 Å². The molecule has 2 aromatic rings. The van der Waals surface area contributed by atoms with E-state index in [0.717, 1.165) is 18.1 Å². The van der Waals surface area contributed by atoms with E-state index in [1.165, 1.54) is 18.2 Å². The van der Waals surface area contributed by atoms with Crippen molar-refractivity contribution in [1.82, 2.24) is 10.6 Å². The first kappa shape index (κ1) is 19.3. The molecule has 0 spiro atoms. The molecule has 0 saturated heterocycles. The Hall–Kier alpha value is -3.02. The Bertz CT molecular complexity index is 742. The highest BCUT2D eigenvalue weighted by atomic mass is 16.5. The summed E-state index contributed by atoms with van der Waals surface area (Å²) in [5.74, 6) is 0.769. The van der Waals surface area contributed by atoms with Gasteiger partial charge in [-0.2, -0.15) is 0 Å². The maximum Gasteiger partial charge on any atom is 0.411 e. The molecule has 0 atom stereocenters. The Morgan fingerprint density at radius 2 is 1.85 bits per heavy atom. The number of ether oxygens (including phenoxy) is 1. The van der Waals surface area contributed by atoms with Crippen molar-refractivity contribution in [2.45, 2.75) is 26.9 Å². The number of hydrogen-bond donors (Lipinski definition) is 3. The number of nitrogens with zero attached hydrogens (tertiary/aromatic N) is 1. The third kappa shape index (κ3) is 6.47. The monoisotopic (exact) mass is 354 g/mol. The lowest BCUT2D eigenvalue weighted by Crippen LogP contribution is -2.36. The molecule has 1 amide bonds. The highest BCUT2D eigenvalue weighted by Crippen LogP contribution is 2.10. The molecule has 0 aromatic heterocycles. The number of amides is 1. The Labute approximate surface area is 154 Å². The number of anilines is 1. The number of aryl methyl sites for hydroxylation is 1. The number of methoxy groups -OCH3 is 1. The average molecular weight is 354 g/mol. The molecule has 0 fully saturated rings.